The molecule has 0 aliphatic carbocycles. The zero-order valence-electron chi connectivity index (χ0n) is 23.8. The van der Waals surface area contributed by atoms with Gasteiger partial charge in [0.15, 0.2) is 0 Å². The summed E-state index contributed by atoms with van der Waals surface area (Å²) in [5, 5.41) is 28.8. The predicted octanol–water partition coefficient (Wildman–Crippen LogP) is 3.52. The minimum Gasteiger partial charge on any atom is -0.481 e. The predicted molar refractivity (Wildman–Crippen MR) is 153 cm³/mol. The number of nitrogens with zero attached hydrogens (tertiary/aromatic N) is 4. The molecule has 0 saturated heterocycles. The molecule has 0 aliphatic rings. The average Bonchev–Trinajstić information content (AvgIpc) is 2.95. The second kappa shape index (κ2) is 15.8. The van der Waals surface area contributed by atoms with Gasteiger partial charge in [0.2, 0.25) is 16.0 Å². The van der Waals surface area contributed by atoms with E-state index in [1.54, 1.807) is 0 Å². The number of aliphatic hydroxyl groups excluding tert-OH is 2. The molecule has 3 rings (SSSR count). The van der Waals surface area contributed by atoms with Crippen molar-refractivity contribution in [2.75, 3.05) is 17.6 Å². The van der Waals surface area contributed by atoms with Crippen LogP contribution in [0.3, 0.4) is 0 Å². The number of pyridine rings is 1. The van der Waals surface area contributed by atoms with Crippen LogP contribution in [0.4, 0.5) is 14.9 Å². The molecule has 15 heteroatoms. The van der Waals surface area contributed by atoms with Gasteiger partial charge in [0, 0.05) is 41.5 Å². The van der Waals surface area contributed by atoms with Crippen molar-refractivity contribution < 1.29 is 47.2 Å². The Kier molecular flexibility index (Phi) is 12.8. The Morgan fingerprint density at radius 3 is 2.28 bits per heavy atom. The summed E-state index contributed by atoms with van der Waals surface area (Å²) < 4.78 is 49.8. The van der Waals surface area contributed by atoms with Crippen LogP contribution in [0.2, 0.25) is 0 Å². The zero-order chi connectivity index (χ0) is 32.3. The molecule has 1 aromatic carbocycles. The highest BCUT2D eigenvalue weighted by Crippen LogP contribution is 2.31. The third kappa shape index (κ3) is 10.8. The van der Waals surface area contributed by atoms with Gasteiger partial charge in [-0.15, -0.1) is 0 Å². The summed E-state index contributed by atoms with van der Waals surface area (Å²) in [5.41, 5.74) is 1.90. The minimum absolute atomic E-state index is 0.0601. The highest BCUT2D eigenvalue weighted by molar-refractivity contribution is 7.92. The lowest BCUT2D eigenvalue weighted by Gasteiger charge is -2.20. The molecule has 3 N–H and O–H groups in total. The molecule has 2 atom stereocenters. The lowest BCUT2D eigenvalue weighted by Crippen LogP contribution is -2.27. The van der Waals surface area contributed by atoms with Gasteiger partial charge in [-0.05, 0) is 42.3 Å². The Balaban J connectivity index is 0.000000543. The van der Waals surface area contributed by atoms with E-state index in [1.807, 2.05) is 13.8 Å². The smallest absolute Gasteiger partial charge is 0.381 e. The van der Waals surface area contributed by atoms with Gasteiger partial charge >= 0.3 is 11.9 Å². The fraction of sp³-hybridized carbons (Fsp3) is 0.321. The molecule has 0 bridgehead atoms. The van der Waals surface area contributed by atoms with E-state index < -0.39 is 46.4 Å². The van der Waals surface area contributed by atoms with Gasteiger partial charge < -0.3 is 15.3 Å². The fourth-order valence-corrected chi connectivity index (χ4v) is 3.95. The first kappa shape index (κ1) is 34.9. The normalized spacial score (nSPS) is 12.8. The molecule has 2 heterocycles. The van der Waals surface area contributed by atoms with Crippen LogP contribution in [0.15, 0.2) is 54.9 Å². The van der Waals surface area contributed by atoms with Gasteiger partial charge in [-0.1, -0.05) is 26.0 Å². The van der Waals surface area contributed by atoms with Crippen molar-refractivity contribution in [2.45, 2.75) is 44.8 Å². The number of aliphatic hydroxyl groups is 2. The number of anilines is 1. The summed E-state index contributed by atoms with van der Waals surface area (Å²) in [6.07, 6.45) is 3.56. The summed E-state index contributed by atoms with van der Waals surface area (Å²) in [6, 6.07) is 8.42. The van der Waals surface area contributed by atoms with Gasteiger partial charge in [-0.2, -0.15) is 0 Å². The van der Waals surface area contributed by atoms with Crippen LogP contribution in [-0.4, -0.2) is 76.1 Å². The zero-order valence-corrected chi connectivity index (χ0v) is 24.6. The average molecular weight is 623 g/mol. The van der Waals surface area contributed by atoms with Gasteiger partial charge in [-0.3, -0.25) is 9.78 Å². The second-order valence-electron chi connectivity index (χ2n) is 9.58. The molecule has 2 aromatic heterocycles. The number of benzene rings is 1. The number of halogens is 2. The number of aliphatic carboxylic acids is 1. The van der Waals surface area contributed by atoms with Crippen LogP contribution in [0.5, 0.6) is 0 Å². The van der Waals surface area contributed by atoms with Crippen LogP contribution in [-0.2, 0) is 19.8 Å². The van der Waals surface area contributed by atoms with Gasteiger partial charge in [-0.25, -0.2) is 36.8 Å². The van der Waals surface area contributed by atoms with E-state index in [4.69, 9.17) is 5.11 Å². The maximum atomic E-state index is 13.5. The third-order valence-electron chi connectivity index (χ3n) is 5.78. The first-order chi connectivity index (χ1) is 20.1. The number of carbonyl (C=O) groups excluding carboxylic acids is 1. The van der Waals surface area contributed by atoms with Crippen molar-refractivity contribution in [3.63, 3.8) is 0 Å². The third-order valence-corrected chi connectivity index (χ3v) is 6.94. The van der Waals surface area contributed by atoms with E-state index in [2.05, 4.69) is 19.9 Å². The second-order valence-corrected chi connectivity index (χ2v) is 11.6. The van der Waals surface area contributed by atoms with Gasteiger partial charge in [0.25, 0.3) is 0 Å². The van der Waals surface area contributed by atoms with E-state index >= 15 is 0 Å². The Morgan fingerprint density at radius 2 is 1.77 bits per heavy atom. The van der Waals surface area contributed by atoms with Gasteiger partial charge in [0.1, 0.15) is 5.82 Å². The number of carbonyl (C=O) groups is 2. The van der Waals surface area contributed by atoms with Crippen LogP contribution < -0.4 is 4.31 Å². The molecule has 0 aliphatic heterocycles. The topological polar surface area (TPSA) is 180 Å². The Hall–Kier alpha value is -4.34. The van der Waals surface area contributed by atoms with E-state index in [1.165, 1.54) is 68.0 Å². The summed E-state index contributed by atoms with van der Waals surface area (Å²) in [4.78, 5) is 36.5. The first-order valence-corrected chi connectivity index (χ1v) is 14.6. The molecule has 2 unspecified atom stereocenters. The SMILES string of the molecule is CC(C)c1nc(N(C)S(C)(=O)=O)nc(-c2ccc(F)cc2)c1/C=C/C(O)CC(O)CC(=O)O.O=C(OF)c1cccnc1. The highest BCUT2D eigenvalue weighted by Gasteiger charge is 2.22. The molecule has 0 spiro atoms. The molecular formula is C28H32F2N4O8S. The Labute approximate surface area is 247 Å². The molecule has 0 radical (unpaired) electrons. The number of carboxylic acids is 1. The van der Waals surface area contributed by atoms with E-state index in [0.717, 1.165) is 10.6 Å². The lowest BCUT2D eigenvalue weighted by atomic mass is 9.97. The number of hydrogen-bond donors (Lipinski definition) is 3. The van der Waals surface area contributed by atoms with Crippen molar-refractivity contribution >= 4 is 34.0 Å². The molecule has 43 heavy (non-hydrogen) atoms. The fourth-order valence-electron chi connectivity index (χ4n) is 3.57. The molecule has 0 fully saturated rings. The number of sulfonamides is 1. The largest absolute Gasteiger partial charge is 0.481 e. The molecule has 0 saturated carbocycles. The number of rotatable bonds is 11. The summed E-state index contributed by atoms with van der Waals surface area (Å²) in [5.74, 6) is -2.89. The van der Waals surface area contributed by atoms with E-state index in [9.17, 15) is 37.1 Å². The van der Waals surface area contributed by atoms with Crippen molar-refractivity contribution in [3.8, 4) is 11.3 Å². The van der Waals surface area contributed by atoms with Crippen molar-refractivity contribution in [1.82, 2.24) is 15.0 Å². The van der Waals surface area contributed by atoms with Crippen molar-refractivity contribution in [3.05, 3.63) is 77.5 Å². The minimum atomic E-state index is -3.65. The molecule has 0 amide bonds. The van der Waals surface area contributed by atoms with Crippen LogP contribution in [0.25, 0.3) is 17.3 Å². The van der Waals surface area contributed by atoms with Crippen LogP contribution >= 0.6 is 0 Å². The van der Waals surface area contributed by atoms with E-state index in [-0.39, 0.29) is 23.9 Å². The van der Waals surface area contributed by atoms with Gasteiger partial charge in [0.05, 0.1) is 41.8 Å². The van der Waals surface area contributed by atoms with Crippen molar-refractivity contribution in [2.24, 2.45) is 0 Å². The summed E-state index contributed by atoms with van der Waals surface area (Å²) in [6.45, 7) is 3.71. The lowest BCUT2D eigenvalue weighted by molar-refractivity contribution is -0.139. The summed E-state index contributed by atoms with van der Waals surface area (Å²) >= 11 is 0. The molecular weight excluding hydrogens is 590 g/mol. The Morgan fingerprint density at radius 1 is 1.12 bits per heavy atom. The number of aromatic nitrogens is 3. The van der Waals surface area contributed by atoms with Crippen LogP contribution in [0, 0.1) is 5.82 Å². The first-order valence-electron chi connectivity index (χ1n) is 12.7. The quantitative estimate of drug-likeness (QED) is 0.285. The standard InChI is InChI=1S/C22H28FN3O6S.C6H4FNO2/c1-13(2)20-18(10-9-16(27)11-17(28)12-19(29)30)21(14-5-7-15(23)8-6-14)25-22(24-20)26(3)33(4,31)32;7-10-6(9)5-2-1-3-8-4-5/h5-10,13,16-17,27-28H,11-12H2,1-4H3,(H,29,30);1-4H/b10-9+;. The molecule has 3 aromatic rings. The molecule has 12 nitrogen and oxygen atoms in total. The highest BCUT2D eigenvalue weighted by atomic mass is 32.2. The maximum Gasteiger partial charge on any atom is 0.381 e. The Bertz CT molecular complexity index is 1520. The van der Waals surface area contributed by atoms with E-state index in [0.29, 0.717) is 22.5 Å². The number of hydrogen-bond acceptors (Lipinski definition) is 10. The van der Waals surface area contributed by atoms with Crippen LogP contribution in [0.1, 0.15) is 54.2 Å². The van der Waals surface area contributed by atoms with Crippen molar-refractivity contribution in [1.29, 1.82) is 0 Å². The summed E-state index contributed by atoms with van der Waals surface area (Å²) in [7, 11) is -2.33. The molecule has 232 valence electrons. The number of carboxylic acid groups (broad SMARTS) is 1. The maximum absolute atomic E-state index is 13.5. The monoisotopic (exact) mass is 622 g/mol.